The van der Waals surface area contributed by atoms with E-state index in [4.69, 9.17) is 4.74 Å². The second kappa shape index (κ2) is 50.8. The van der Waals surface area contributed by atoms with Crippen LogP contribution in [0.3, 0.4) is 0 Å². The molecule has 0 aliphatic heterocycles. The van der Waals surface area contributed by atoms with E-state index in [1.165, 1.54) is 89.9 Å². The van der Waals surface area contributed by atoms with E-state index in [0.29, 0.717) is 25.7 Å². The third-order valence-electron chi connectivity index (χ3n) is 11.4. The molecule has 0 aliphatic rings. The number of rotatable bonds is 46. The smallest absolute Gasteiger partial charge is 0.306 e. The Morgan fingerprint density at radius 3 is 1.30 bits per heavy atom. The molecule has 0 radical (unpaired) electrons. The van der Waals surface area contributed by atoms with Crippen LogP contribution in [0.25, 0.3) is 0 Å². The Bertz CT molecular complexity index is 1270. The van der Waals surface area contributed by atoms with Gasteiger partial charge in [-0.3, -0.25) is 9.59 Å². The van der Waals surface area contributed by atoms with Crippen molar-refractivity contribution >= 4 is 11.9 Å². The first-order valence-corrected chi connectivity index (χ1v) is 26.5. The number of aliphatic hydroxyl groups excluding tert-OH is 2. The minimum absolute atomic E-state index is 0.0240. The Hall–Kier alpha value is -3.22. The number of nitrogens with one attached hydrogen (secondary N) is 1. The van der Waals surface area contributed by atoms with Crippen LogP contribution in [-0.2, 0) is 14.3 Å². The second-order valence-corrected chi connectivity index (χ2v) is 17.5. The van der Waals surface area contributed by atoms with Crippen molar-refractivity contribution in [3.63, 3.8) is 0 Å². The molecule has 0 heterocycles. The number of ether oxygens (including phenoxy) is 1. The molecule has 1 amide bonds. The van der Waals surface area contributed by atoms with Crippen molar-refractivity contribution in [2.24, 2.45) is 0 Å². The number of allylic oxidation sites excluding steroid dienone is 16. The summed E-state index contributed by atoms with van der Waals surface area (Å²) in [6, 6.07) is -0.731. The lowest BCUT2D eigenvalue weighted by Crippen LogP contribution is -2.46. The van der Waals surface area contributed by atoms with Gasteiger partial charge in [0.2, 0.25) is 5.91 Å². The highest BCUT2D eigenvalue weighted by molar-refractivity contribution is 5.77. The van der Waals surface area contributed by atoms with Crippen molar-refractivity contribution in [3.05, 3.63) is 97.2 Å². The Balaban J connectivity index is 4.76. The van der Waals surface area contributed by atoms with Crippen LogP contribution in [0, 0.1) is 0 Å². The predicted octanol–water partition coefficient (Wildman–Crippen LogP) is 16.1. The van der Waals surface area contributed by atoms with Gasteiger partial charge in [0.05, 0.1) is 25.2 Å². The molecule has 0 bridgehead atoms. The van der Waals surface area contributed by atoms with Crippen LogP contribution in [0.2, 0.25) is 0 Å². The average molecular weight is 890 g/mol. The maximum atomic E-state index is 13.2. The molecule has 6 heteroatoms. The summed E-state index contributed by atoms with van der Waals surface area (Å²) in [6.07, 6.45) is 67.5. The topological polar surface area (TPSA) is 95.9 Å². The number of hydrogen-bond acceptors (Lipinski definition) is 5. The molecule has 0 spiro atoms. The van der Waals surface area contributed by atoms with Crippen molar-refractivity contribution < 1.29 is 24.5 Å². The summed E-state index contributed by atoms with van der Waals surface area (Å²) in [4.78, 5) is 26.2. The number of unbranched alkanes of at least 4 members (excludes halogenated alkanes) is 18. The van der Waals surface area contributed by atoms with Gasteiger partial charge >= 0.3 is 5.97 Å². The van der Waals surface area contributed by atoms with E-state index in [0.717, 1.165) is 89.9 Å². The van der Waals surface area contributed by atoms with Gasteiger partial charge in [-0.25, -0.2) is 0 Å². The first kappa shape index (κ1) is 60.8. The van der Waals surface area contributed by atoms with Gasteiger partial charge in [0.15, 0.2) is 0 Å². The lowest BCUT2D eigenvalue weighted by Gasteiger charge is -2.24. The average Bonchev–Trinajstić information content (AvgIpc) is 3.29. The zero-order chi connectivity index (χ0) is 46.7. The fourth-order valence-electron chi connectivity index (χ4n) is 7.41. The van der Waals surface area contributed by atoms with E-state index in [1.807, 2.05) is 0 Å². The van der Waals surface area contributed by atoms with Crippen LogP contribution in [0.15, 0.2) is 97.2 Å². The van der Waals surface area contributed by atoms with Crippen LogP contribution in [0.1, 0.15) is 233 Å². The highest BCUT2D eigenvalue weighted by atomic mass is 16.5. The third-order valence-corrected chi connectivity index (χ3v) is 11.4. The molecule has 0 fully saturated rings. The van der Waals surface area contributed by atoms with E-state index in [-0.39, 0.29) is 24.9 Å². The summed E-state index contributed by atoms with van der Waals surface area (Å²) in [5, 5.41) is 23.8. The molecular weight excluding hydrogens is 791 g/mol. The van der Waals surface area contributed by atoms with Gasteiger partial charge in [0.25, 0.3) is 0 Å². The van der Waals surface area contributed by atoms with Gasteiger partial charge in [0, 0.05) is 6.42 Å². The maximum absolute atomic E-state index is 13.2. The number of amides is 1. The standard InChI is InChI=1S/C58H99NO5/c1-4-7-10-13-16-19-22-25-27-28-30-33-36-39-42-45-48-51-58(63)64-54(49-46-43-40-37-34-32-29-26-23-20-17-14-11-8-5-2)52-57(62)59-55(53-60)56(61)50-47-44-41-38-35-31-24-21-18-15-12-9-6-3/h7,10,16-17,19-20,25-27,29-30,33-34,37,39,42,54-56,60-61H,4-6,8-9,11-15,18,21-24,28,31-32,35-36,38,40-41,43-53H2,1-3H3,(H,59,62)/b10-7-,19-16-,20-17-,27-25-,29-26-,33-30-,37-34-,42-39-. The Labute approximate surface area is 395 Å². The van der Waals surface area contributed by atoms with Crippen molar-refractivity contribution in [1.29, 1.82) is 0 Å². The molecule has 0 saturated heterocycles. The van der Waals surface area contributed by atoms with E-state index in [9.17, 15) is 19.8 Å². The molecule has 64 heavy (non-hydrogen) atoms. The highest BCUT2D eigenvalue weighted by Gasteiger charge is 2.24. The lowest BCUT2D eigenvalue weighted by molar-refractivity contribution is -0.151. The lowest BCUT2D eigenvalue weighted by atomic mass is 10.0. The summed E-state index contributed by atoms with van der Waals surface area (Å²) in [7, 11) is 0. The summed E-state index contributed by atoms with van der Waals surface area (Å²) in [5.41, 5.74) is 0. The van der Waals surface area contributed by atoms with Crippen molar-refractivity contribution in [2.75, 3.05) is 6.61 Å². The van der Waals surface area contributed by atoms with Gasteiger partial charge in [-0.15, -0.1) is 0 Å². The molecule has 3 unspecified atom stereocenters. The minimum Gasteiger partial charge on any atom is -0.462 e. The molecule has 6 nitrogen and oxygen atoms in total. The minimum atomic E-state index is -0.813. The molecule has 0 aliphatic carbocycles. The van der Waals surface area contributed by atoms with Crippen LogP contribution in [-0.4, -0.2) is 46.9 Å². The number of aliphatic hydroxyl groups is 2. The summed E-state index contributed by atoms with van der Waals surface area (Å²) >= 11 is 0. The van der Waals surface area contributed by atoms with Crippen molar-refractivity contribution in [2.45, 2.75) is 251 Å². The molecule has 0 rings (SSSR count). The quantitative estimate of drug-likeness (QED) is 0.0321. The number of esters is 1. The molecule has 0 aromatic heterocycles. The van der Waals surface area contributed by atoms with Gasteiger partial charge in [-0.05, 0) is 103 Å². The van der Waals surface area contributed by atoms with Gasteiger partial charge < -0.3 is 20.3 Å². The molecule has 366 valence electrons. The zero-order valence-corrected chi connectivity index (χ0v) is 41.6. The molecule has 0 aromatic rings. The molecule has 0 saturated carbocycles. The van der Waals surface area contributed by atoms with E-state index in [1.54, 1.807) is 0 Å². The first-order valence-electron chi connectivity index (χ1n) is 26.5. The number of carbonyl (C=O) groups excluding carboxylic acids is 2. The Morgan fingerprint density at radius 1 is 0.469 bits per heavy atom. The van der Waals surface area contributed by atoms with Crippen molar-refractivity contribution in [3.8, 4) is 0 Å². The number of hydrogen-bond donors (Lipinski definition) is 3. The van der Waals surface area contributed by atoms with Crippen LogP contribution in [0.5, 0.6) is 0 Å². The maximum Gasteiger partial charge on any atom is 0.306 e. The monoisotopic (exact) mass is 890 g/mol. The fraction of sp³-hybridized carbons (Fsp3) is 0.690. The van der Waals surface area contributed by atoms with Crippen molar-refractivity contribution in [1.82, 2.24) is 5.32 Å². The summed E-state index contributed by atoms with van der Waals surface area (Å²) in [5.74, 6) is -0.587. The largest absolute Gasteiger partial charge is 0.462 e. The van der Waals surface area contributed by atoms with Crippen LogP contribution < -0.4 is 5.32 Å². The van der Waals surface area contributed by atoms with E-state index >= 15 is 0 Å². The first-order chi connectivity index (χ1) is 31.5. The normalized spacial score (nSPS) is 14.0. The Kier molecular flexibility index (Phi) is 48.2. The summed E-state index contributed by atoms with van der Waals surface area (Å²) < 4.78 is 5.89. The molecule has 0 aromatic carbocycles. The van der Waals surface area contributed by atoms with E-state index < -0.39 is 18.2 Å². The fourth-order valence-corrected chi connectivity index (χ4v) is 7.41. The highest BCUT2D eigenvalue weighted by Crippen LogP contribution is 2.16. The third kappa shape index (κ3) is 45.4. The predicted molar refractivity (Wildman–Crippen MR) is 277 cm³/mol. The number of carbonyl (C=O) groups is 2. The van der Waals surface area contributed by atoms with Crippen LogP contribution in [0.4, 0.5) is 0 Å². The summed E-state index contributed by atoms with van der Waals surface area (Å²) in [6.45, 7) is 6.31. The van der Waals surface area contributed by atoms with E-state index in [2.05, 4.69) is 123 Å². The van der Waals surface area contributed by atoms with Gasteiger partial charge in [-0.2, -0.15) is 0 Å². The zero-order valence-electron chi connectivity index (χ0n) is 41.6. The van der Waals surface area contributed by atoms with Gasteiger partial charge in [-0.1, -0.05) is 214 Å². The molecule has 3 atom stereocenters. The SMILES string of the molecule is CC/C=C\C/C=C\C/C=C\C/C=C\C/C=C\CCCC(=O)OC(CCCC/C=C\C/C=C\C/C=C\CCCCC)CC(=O)NC(CO)C(O)CCCCCCCCCCCCCCC. The van der Waals surface area contributed by atoms with Gasteiger partial charge in [0.1, 0.15) is 6.10 Å². The Morgan fingerprint density at radius 2 is 0.844 bits per heavy atom. The molecule has 3 N–H and O–H groups in total. The molecular formula is C58H99NO5. The van der Waals surface area contributed by atoms with Crippen LogP contribution >= 0.6 is 0 Å². The second-order valence-electron chi connectivity index (χ2n) is 17.5.